The van der Waals surface area contributed by atoms with Crippen molar-refractivity contribution in [1.29, 1.82) is 0 Å². The van der Waals surface area contributed by atoms with Crippen molar-refractivity contribution < 1.29 is 13.2 Å². The molecule has 2 bridgehead atoms. The number of piperidine rings is 1. The van der Waals surface area contributed by atoms with Gasteiger partial charge in [-0.3, -0.25) is 4.79 Å². The summed E-state index contributed by atoms with van der Waals surface area (Å²) in [6.45, 7) is 2.61. The number of nitrogens with two attached hydrogens (primary N) is 1. The molecule has 1 aliphatic heterocycles. The van der Waals surface area contributed by atoms with Gasteiger partial charge in [0.05, 0.1) is 5.75 Å². The molecule has 6 nitrogen and oxygen atoms in total. The van der Waals surface area contributed by atoms with E-state index in [1.165, 1.54) is 23.6 Å². The molecule has 7 heteroatoms. The fourth-order valence-electron chi connectivity index (χ4n) is 4.89. The number of hydrogen-bond donors (Lipinski definition) is 2. The Bertz CT molecular complexity index is 543. The van der Waals surface area contributed by atoms with E-state index in [0.717, 1.165) is 12.8 Å². The van der Waals surface area contributed by atoms with Gasteiger partial charge in [0.25, 0.3) is 0 Å². The molecule has 1 heterocycles. The number of sulfonamides is 1. The van der Waals surface area contributed by atoms with Crippen LogP contribution in [0.4, 0.5) is 0 Å². The Morgan fingerprint density at radius 3 is 2.25 bits per heavy atom. The summed E-state index contributed by atoms with van der Waals surface area (Å²) in [6, 6.07) is 0.569. The van der Waals surface area contributed by atoms with Crippen LogP contribution in [0.25, 0.3) is 0 Å². The van der Waals surface area contributed by atoms with Crippen LogP contribution in [0, 0.1) is 17.8 Å². The number of fused-ring (bicyclic) bond motifs is 2. The van der Waals surface area contributed by atoms with Gasteiger partial charge < -0.3 is 11.1 Å². The minimum atomic E-state index is -3.13. The number of nitrogens with zero attached hydrogens (tertiary/aromatic N) is 1. The van der Waals surface area contributed by atoms with Crippen molar-refractivity contribution >= 4 is 15.9 Å². The van der Waals surface area contributed by atoms with Crippen LogP contribution in [-0.4, -0.2) is 49.6 Å². The van der Waals surface area contributed by atoms with Crippen molar-refractivity contribution in [3.8, 4) is 0 Å². The van der Waals surface area contributed by atoms with Gasteiger partial charge in [0, 0.05) is 31.1 Å². The smallest absolute Gasteiger partial charge is 0.223 e. The van der Waals surface area contributed by atoms with Crippen LogP contribution in [0.2, 0.25) is 0 Å². The van der Waals surface area contributed by atoms with E-state index in [1.54, 1.807) is 6.92 Å². The first kappa shape index (κ1) is 18.1. The fraction of sp³-hybridized carbons (Fsp3) is 0.941. The highest BCUT2D eigenvalue weighted by molar-refractivity contribution is 7.89. The van der Waals surface area contributed by atoms with Crippen molar-refractivity contribution in [2.24, 2.45) is 23.5 Å². The van der Waals surface area contributed by atoms with Crippen molar-refractivity contribution in [3.63, 3.8) is 0 Å². The van der Waals surface area contributed by atoms with Crippen LogP contribution in [0.1, 0.15) is 51.9 Å². The van der Waals surface area contributed by atoms with Gasteiger partial charge in [-0.15, -0.1) is 0 Å². The van der Waals surface area contributed by atoms with E-state index in [2.05, 4.69) is 5.32 Å². The standard InChI is InChI=1S/C17H31N3O3S/c1-2-24(22,23)20-8-6-12(7-9-20)17(21)19-16-13-4-3-5-14(16)11-15(18)10-13/h12-16H,2-11,18H2,1H3,(H,19,21). The van der Waals surface area contributed by atoms with Crippen molar-refractivity contribution in [3.05, 3.63) is 0 Å². The normalized spacial score (nSPS) is 35.6. The lowest BCUT2D eigenvalue weighted by molar-refractivity contribution is -0.128. The molecular formula is C17H31N3O3S. The average Bonchev–Trinajstić information content (AvgIpc) is 2.55. The van der Waals surface area contributed by atoms with E-state index in [-0.39, 0.29) is 29.7 Å². The average molecular weight is 358 g/mol. The largest absolute Gasteiger partial charge is 0.353 e. The molecule has 3 fully saturated rings. The van der Waals surface area contributed by atoms with Gasteiger partial charge in [0.2, 0.25) is 15.9 Å². The van der Waals surface area contributed by atoms with Crippen LogP contribution < -0.4 is 11.1 Å². The molecule has 3 aliphatic rings. The number of carbonyl (C=O) groups is 1. The van der Waals surface area contributed by atoms with Gasteiger partial charge in [-0.2, -0.15) is 0 Å². The quantitative estimate of drug-likeness (QED) is 0.787. The summed E-state index contributed by atoms with van der Waals surface area (Å²) in [5.41, 5.74) is 6.15. The van der Waals surface area contributed by atoms with Crippen molar-refractivity contribution in [2.75, 3.05) is 18.8 Å². The molecule has 0 spiro atoms. The highest BCUT2D eigenvalue weighted by Gasteiger charge is 2.41. The number of carbonyl (C=O) groups excluding carboxylic acids is 1. The predicted molar refractivity (Wildman–Crippen MR) is 93.7 cm³/mol. The Balaban J connectivity index is 1.55. The summed E-state index contributed by atoms with van der Waals surface area (Å²) in [7, 11) is -3.13. The molecule has 2 atom stereocenters. The summed E-state index contributed by atoms with van der Waals surface area (Å²) in [6.07, 6.45) is 6.90. The Morgan fingerprint density at radius 1 is 1.12 bits per heavy atom. The molecular weight excluding hydrogens is 326 g/mol. The van der Waals surface area contributed by atoms with E-state index in [9.17, 15) is 13.2 Å². The van der Waals surface area contributed by atoms with Crippen molar-refractivity contribution in [1.82, 2.24) is 9.62 Å². The highest BCUT2D eigenvalue weighted by atomic mass is 32.2. The molecule has 2 unspecified atom stereocenters. The Morgan fingerprint density at radius 2 is 1.71 bits per heavy atom. The first-order chi connectivity index (χ1) is 11.4. The molecule has 138 valence electrons. The zero-order valence-corrected chi connectivity index (χ0v) is 15.4. The van der Waals surface area contributed by atoms with Crippen LogP contribution in [0.15, 0.2) is 0 Å². The Hall–Kier alpha value is -0.660. The van der Waals surface area contributed by atoms with Gasteiger partial charge in [-0.1, -0.05) is 6.42 Å². The summed E-state index contributed by atoms with van der Waals surface area (Å²) >= 11 is 0. The molecule has 1 saturated heterocycles. The lowest BCUT2D eigenvalue weighted by Crippen LogP contribution is -2.55. The van der Waals surface area contributed by atoms with Gasteiger partial charge in [-0.25, -0.2) is 12.7 Å². The molecule has 24 heavy (non-hydrogen) atoms. The topological polar surface area (TPSA) is 92.5 Å². The molecule has 3 rings (SSSR count). The summed E-state index contributed by atoms with van der Waals surface area (Å²) in [5, 5.41) is 3.32. The van der Waals surface area contributed by atoms with Crippen molar-refractivity contribution in [2.45, 2.75) is 64.0 Å². The second-order valence-corrected chi connectivity index (χ2v) is 10.0. The number of amides is 1. The number of rotatable bonds is 4. The van der Waals surface area contributed by atoms with Gasteiger partial charge in [0.15, 0.2) is 0 Å². The summed E-state index contributed by atoms with van der Waals surface area (Å²) < 4.78 is 25.4. The molecule has 0 aromatic carbocycles. The summed E-state index contributed by atoms with van der Waals surface area (Å²) in [5.74, 6) is 1.26. The molecule has 0 aromatic heterocycles. The van der Waals surface area contributed by atoms with E-state index in [0.29, 0.717) is 37.8 Å². The minimum absolute atomic E-state index is 0.0513. The summed E-state index contributed by atoms with van der Waals surface area (Å²) in [4.78, 5) is 12.7. The first-order valence-electron chi connectivity index (χ1n) is 9.44. The molecule has 0 radical (unpaired) electrons. The maximum Gasteiger partial charge on any atom is 0.223 e. The zero-order chi connectivity index (χ0) is 17.3. The maximum absolute atomic E-state index is 12.7. The van der Waals surface area contributed by atoms with Crippen LogP contribution in [-0.2, 0) is 14.8 Å². The third-order valence-electron chi connectivity index (χ3n) is 6.27. The Labute approximate surface area is 145 Å². The van der Waals surface area contributed by atoms with E-state index in [4.69, 9.17) is 5.73 Å². The van der Waals surface area contributed by atoms with Gasteiger partial charge in [-0.05, 0) is 57.3 Å². The first-order valence-corrected chi connectivity index (χ1v) is 11.1. The predicted octanol–water partition coefficient (Wildman–Crippen LogP) is 1.07. The monoisotopic (exact) mass is 357 g/mol. The van der Waals surface area contributed by atoms with E-state index < -0.39 is 10.0 Å². The molecule has 2 aliphatic carbocycles. The van der Waals surface area contributed by atoms with Crippen LogP contribution >= 0.6 is 0 Å². The number of hydrogen-bond acceptors (Lipinski definition) is 4. The maximum atomic E-state index is 12.7. The van der Waals surface area contributed by atoms with E-state index in [1.807, 2.05) is 0 Å². The third-order valence-corrected chi connectivity index (χ3v) is 8.15. The fourth-order valence-corrected chi connectivity index (χ4v) is 6.02. The molecule has 0 aromatic rings. The zero-order valence-electron chi connectivity index (χ0n) is 14.6. The van der Waals surface area contributed by atoms with Crippen LogP contribution in [0.3, 0.4) is 0 Å². The molecule has 2 saturated carbocycles. The lowest BCUT2D eigenvalue weighted by atomic mass is 9.67. The molecule has 3 N–H and O–H groups in total. The number of nitrogens with one attached hydrogen (secondary N) is 1. The van der Waals surface area contributed by atoms with E-state index >= 15 is 0 Å². The third kappa shape index (κ3) is 3.78. The SMILES string of the molecule is CCS(=O)(=O)N1CCC(C(=O)NC2C3CCCC2CC(N)C3)CC1. The van der Waals surface area contributed by atoms with Gasteiger partial charge in [0.1, 0.15) is 0 Å². The Kier molecular flexibility index (Phi) is 5.52. The minimum Gasteiger partial charge on any atom is -0.353 e. The second-order valence-electron chi connectivity index (χ2n) is 7.79. The highest BCUT2D eigenvalue weighted by Crippen LogP contribution is 2.40. The molecule has 1 amide bonds. The second kappa shape index (κ2) is 7.30. The van der Waals surface area contributed by atoms with Gasteiger partial charge >= 0.3 is 0 Å². The van der Waals surface area contributed by atoms with Crippen LogP contribution in [0.5, 0.6) is 0 Å². The lowest BCUT2D eigenvalue weighted by Gasteiger charge is -2.45.